The van der Waals surface area contributed by atoms with Crippen molar-refractivity contribution >= 4 is 5.91 Å². The Hall–Kier alpha value is -1.97. The van der Waals surface area contributed by atoms with Gasteiger partial charge < -0.3 is 14.8 Å². The van der Waals surface area contributed by atoms with Crippen molar-refractivity contribution in [3.63, 3.8) is 0 Å². The number of hydrogen-bond donors (Lipinski definition) is 1. The predicted octanol–water partition coefficient (Wildman–Crippen LogP) is 4.26. The van der Waals surface area contributed by atoms with Crippen LogP contribution in [-0.2, 0) is 4.79 Å². The first-order valence-electron chi connectivity index (χ1n) is 8.76. The van der Waals surface area contributed by atoms with Gasteiger partial charge in [-0.15, -0.1) is 0 Å². The molecule has 4 heteroatoms. The topological polar surface area (TPSA) is 47.6 Å². The number of benzene rings is 1. The molecule has 1 aromatic rings. The Labute approximate surface area is 145 Å². The van der Waals surface area contributed by atoms with Gasteiger partial charge in [0.05, 0.1) is 19.8 Å². The highest BCUT2D eigenvalue weighted by Gasteiger charge is 2.17. The van der Waals surface area contributed by atoms with E-state index in [-0.39, 0.29) is 11.9 Å². The molecule has 0 fully saturated rings. The summed E-state index contributed by atoms with van der Waals surface area (Å²) in [5.41, 5.74) is 1.01. The first kappa shape index (κ1) is 18.4. The van der Waals surface area contributed by atoms with Crippen molar-refractivity contribution < 1.29 is 14.3 Å². The molecule has 2 atom stereocenters. The molecule has 0 saturated carbocycles. The van der Waals surface area contributed by atoms with Crippen LogP contribution in [0.5, 0.6) is 11.5 Å². The number of carbonyl (C=O) groups excluding carboxylic acids is 1. The lowest BCUT2D eigenvalue weighted by Gasteiger charge is -2.18. The maximum atomic E-state index is 12.2. The molecule has 1 N–H and O–H groups in total. The van der Waals surface area contributed by atoms with Gasteiger partial charge in [-0.25, -0.2) is 0 Å². The van der Waals surface area contributed by atoms with Crippen LogP contribution >= 0.6 is 0 Å². The fraction of sp³-hybridized carbons (Fsp3) is 0.550. The van der Waals surface area contributed by atoms with E-state index in [1.54, 1.807) is 7.11 Å². The molecule has 4 nitrogen and oxygen atoms in total. The number of rotatable bonds is 8. The monoisotopic (exact) mass is 331 g/mol. The number of allylic oxidation sites excluding steroid dienone is 2. The first-order chi connectivity index (χ1) is 11.5. The van der Waals surface area contributed by atoms with Gasteiger partial charge in [-0.3, -0.25) is 4.79 Å². The SMILES string of the molecule is COc1cc(C(C)NC(=O)CC2C=CCC2)ccc1OCC(C)C. The maximum Gasteiger partial charge on any atom is 0.221 e. The van der Waals surface area contributed by atoms with Crippen LogP contribution in [0.4, 0.5) is 0 Å². The van der Waals surface area contributed by atoms with Gasteiger partial charge in [0.2, 0.25) is 5.91 Å². The molecule has 0 radical (unpaired) electrons. The fourth-order valence-corrected chi connectivity index (χ4v) is 2.82. The van der Waals surface area contributed by atoms with E-state index >= 15 is 0 Å². The lowest BCUT2D eigenvalue weighted by Crippen LogP contribution is -2.27. The zero-order valence-corrected chi connectivity index (χ0v) is 15.2. The van der Waals surface area contributed by atoms with Crippen LogP contribution in [0.25, 0.3) is 0 Å². The Morgan fingerprint density at radius 2 is 2.08 bits per heavy atom. The van der Waals surface area contributed by atoms with E-state index in [9.17, 15) is 4.79 Å². The summed E-state index contributed by atoms with van der Waals surface area (Å²) in [5.74, 6) is 2.38. The third kappa shape index (κ3) is 5.29. The van der Waals surface area contributed by atoms with E-state index in [2.05, 4.69) is 31.3 Å². The van der Waals surface area contributed by atoms with Gasteiger partial charge in [0, 0.05) is 6.42 Å². The van der Waals surface area contributed by atoms with Crippen molar-refractivity contribution in [1.82, 2.24) is 5.32 Å². The van der Waals surface area contributed by atoms with Gasteiger partial charge in [0.15, 0.2) is 11.5 Å². The molecule has 0 spiro atoms. The summed E-state index contributed by atoms with van der Waals surface area (Å²) in [7, 11) is 1.64. The second-order valence-electron chi connectivity index (χ2n) is 6.87. The average Bonchev–Trinajstić information content (AvgIpc) is 3.05. The zero-order chi connectivity index (χ0) is 17.5. The average molecular weight is 331 g/mol. The minimum absolute atomic E-state index is 0.0593. The summed E-state index contributed by atoms with van der Waals surface area (Å²) < 4.78 is 11.2. The highest BCUT2D eigenvalue weighted by molar-refractivity contribution is 5.77. The highest BCUT2D eigenvalue weighted by Crippen LogP contribution is 2.31. The molecule has 1 aromatic carbocycles. The van der Waals surface area contributed by atoms with Gasteiger partial charge >= 0.3 is 0 Å². The molecular formula is C20H29NO3. The summed E-state index contributed by atoms with van der Waals surface area (Å²) in [5, 5.41) is 3.07. The van der Waals surface area contributed by atoms with Gasteiger partial charge in [-0.1, -0.05) is 32.1 Å². The van der Waals surface area contributed by atoms with Gasteiger partial charge in [0.25, 0.3) is 0 Å². The minimum Gasteiger partial charge on any atom is -0.493 e. The van der Waals surface area contributed by atoms with Crippen LogP contribution in [0.2, 0.25) is 0 Å². The molecule has 1 aliphatic rings. The number of nitrogens with one attached hydrogen (secondary N) is 1. The molecule has 1 aliphatic carbocycles. The summed E-state index contributed by atoms with van der Waals surface area (Å²) in [6, 6.07) is 5.78. The molecule has 24 heavy (non-hydrogen) atoms. The number of methoxy groups -OCH3 is 1. The molecule has 0 bridgehead atoms. The lowest BCUT2D eigenvalue weighted by molar-refractivity contribution is -0.122. The Bertz CT molecular complexity index is 580. The second-order valence-corrected chi connectivity index (χ2v) is 6.87. The van der Waals surface area contributed by atoms with E-state index in [1.165, 1.54) is 0 Å². The van der Waals surface area contributed by atoms with Gasteiger partial charge in [-0.2, -0.15) is 0 Å². The third-order valence-electron chi connectivity index (χ3n) is 4.20. The van der Waals surface area contributed by atoms with Crippen LogP contribution in [0.1, 0.15) is 51.6 Å². The van der Waals surface area contributed by atoms with Crippen molar-refractivity contribution in [1.29, 1.82) is 0 Å². The second kappa shape index (κ2) is 8.76. The van der Waals surface area contributed by atoms with Gasteiger partial charge in [-0.05, 0) is 49.3 Å². The highest BCUT2D eigenvalue weighted by atomic mass is 16.5. The van der Waals surface area contributed by atoms with E-state index in [4.69, 9.17) is 9.47 Å². The maximum absolute atomic E-state index is 12.2. The summed E-state index contributed by atoms with van der Waals surface area (Å²) in [4.78, 5) is 12.2. The largest absolute Gasteiger partial charge is 0.493 e. The van der Waals surface area contributed by atoms with Crippen LogP contribution in [0.3, 0.4) is 0 Å². The van der Waals surface area contributed by atoms with E-state index in [1.807, 2.05) is 25.1 Å². The minimum atomic E-state index is -0.0593. The van der Waals surface area contributed by atoms with Crippen molar-refractivity contribution in [2.24, 2.45) is 11.8 Å². The number of amides is 1. The normalized spacial score (nSPS) is 17.8. The van der Waals surface area contributed by atoms with Crippen molar-refractivity contribution in [3.05, 3.63) is 35.9 Å². The standard InChI is InChI=1S/C20H29NO3/c1-14(2)13-24-18-10-9-17(12-19(18)23-4)15(3)21-20(22)11-16-7-5-6-8-16/h5,7,9-10,12,14-16H,6,8,11,13H2,1-4H3,(H,21,22). The molecule has 0 aromatic heterocycles. The third-order valence-corrected chi connectivity index (χ3v) is 4.20. The van der Waals surface area contributed by atoms with E-state index in [0.29, 0.717) is 30.6 Å². The molecule has 132 valence electrons. The van der Waals surface area contributed by atoms with Crippen molar-refractivity contribution in [3.8, 4) is 11.5 Å². The Morgan fingerprint density at radius 1 is 1.29 bits per heavy atom. The van der Waals surface area contributed by atoms with E-state index in [0.717, 1.165) is 24.2 Å². The number of ether oxygens (including phenoxy) is 2. The summed E-state index contributed by atoms with van der Waals surface area (Å²) >= 11 is 0. The molecular weight excluding hydrogens is 302 g/mol. The van der Waals surface area contributed by atoms with Crippen LogP contribution in [0, 0.1) is 11.8 Å². The molecule has 0 saturated heterocycles. The quantitative estimate of drug-likeness (QED) is 0.724. The number of carbonyl (C=O) groups is 1. The van der Waals surface area contributed by atoms with Crippen molar-refractivity contribution in [2.75, 3.05) is 13.7 Å². The van der Waals surface area contributed by atoms with Crippen molar-refractivity contribution in [2.45, 2.75) is 46.1 Å². The summed E-state index contributed by atoms with van der Waals surface area (Å²) in [6.07, 6.45) is 7.03. The Balaban J connectivity index is 1.96. The summed E-state index contributed by atoms with van der Waals surface area (Å²) in [6.45, 7) is 6.86. The fourth-order valence-electron chi connectivity index (χ4n) is 2.82. The molecule has 2 rings (SSSR count). The van der Waals surface area contributed by atoms with Crippen LogP contribution in [-0.4, -0.2) is 19.6 Å². The predicted molar refractivity (Wildman–Crippen MR) is 96.4 cm³/mol. The molecule has 1 amide bonds. The first-order valence-corrected chi connectivity index (χ1v) is 8.76. The lowest BCUT2D eigenvalue weighted by atomic mass is 10.0. The smallest absolute Gasteiger partial charge is 0.221 e. The molecule has 0 aliphatic heterocycles. The zero-order valence-electron chi connectivity index (χ0n) is 15.2. The molecule has 0 heterocycles. The van der Waals surface area contributed by atoms with Crippen LogP contribution in [0.15, 0.2) is 30.4 Å². The molecule has 2 unspecified atom stereocenters. The van der Waals surface area contributed by atoms with Crippen LogP contribution < -0.4 is 14.8 Å². The number of hydrogen-bond acceptors (Lipinski definition) is 3. The van der Waals surface area contributed by atoms with Gasteiger partial charge in [0.1, 0.15) is 0 Å². The Kier molecular flexibility index (Phi) is 6.71. The Morgan fingerprint density at radius 3 is 2.71 bits per heavy atom. The van der Waals surface area contributed by atoms with E-state index < -0.39 is 0 Å².